The van der Waals surface area contributed by atoms with Crippen LogP contribution in [0.1, 0.15) is 18.9 Å². The van der Waals surface area contributed by atoms with Crippen LogP contribution in [0.3, 0.4) is 0 Å². The first kappa shape index (κ1) is 16.5. The maximum atomic E-state index is 5.91. The quantitative estimate of drug-likeness (QED) is 0.651. The number of fused-ring (bicyclic) bond motifs is 1. The summed E-state index contributed by atoms with van der Waals surface area (Å²) in [5.74, 6) is 1.54. The second kappa shape index (κ2) is 7.97. The molecule has 0 fully saturated rings. The fourth-order valence-corrected chi connectivity index (χ4v) is 2.63. The Balaban J connectivity index is 1.72. The third-order valence-corrected chi connectivity index (χ3v) is 4.01. The SMILES string of the molecule is CCCNc1nc(NCCc2ccc(Cl)cc2)nc2ccccc12. The van der Waals surface area contributed by atoms with Gasteiger partial charge in [0.1, 0.15) is 5.82 Å². The average molecular weight is 341 g/mol. The summed E-state index contributed by atoms with van der Waals surface area (Å²) < 4.78 is 0. The predicted molar refractivity (Wildman–Crippen MR) is 102 cm³/mol. The maximum Gasteiger partial charge on any atom is 0.225 e. The molecule has 24 heavy (non-hydrogen) atoms. The number of nitrogens with one attached hydrogen (secondary N) is 2. The van der Waals surface area contributed by atoms with Gasteiger partial charge in [0.05, 0.1) is 5.52 Å². The van der Waals surface area contributed by atoms with Crippen molar-refractivity contribution >= 4 is 34.3 Å². The van der Waals surface area contributed by atoms with Crippen LogP contribution in [0.25, 0.3) is 10.9 Å². The lowest BCUT2D eigenvalue weighted by molar-refractivity contribution is 0.961. The molecule has 124 valence electrons. The lowest BCUT2D eigenvalue weighted by Gasteiger charge is -2.11. The number of benzene rings is 2. The molecule has 4 nitrogen and oxygen atoms in total. The van der Waals surface area contributed by atoms with Crippen molar-refractivity contribution in [3.05, 3.63) is 59.1 Å². The van der Waals surface area contributed by atoms with Gasteiger partial charge < -0.3 is 10.6 Å². The minimum atomic E-state index is 0.654. The standard InChI is InChI=1S/C19H21ClN4/c1-2-12-21-18-16-5-3-4-6-17(16)23-19(24-18)22-13-11-14-7-9-15(20)10-8-14/h3-10H,2,11-13H2,1H3,(H2,21,22,23,24). The van der Waals surface area contributed by atoms with Gasteiger partial charge in [-0.15, -0.1) is 0 Å². The van der Waals surface area contributed by atoms with Gasteiger partial charge in [-0.05, 0) is 42.7 Å². The van der Waals surface area contributed by atoms with Crippen molar-refractivity contribution in [2.75, 3.05) is 23.7 Å². The third kappa shape index (κ3) is 4.15. The normalized spacial score (nSPS) is 10.8. The maximum absolute atomic E-state index is 5.91. The van der Waals surface area contributed by atoms with Crippen molar-refractivity contribution < 1.29 is 0 Å². The largest absolute Gasteiger partial charge is 0.369 e. The van der Waals surface area contributed by atoms with Crippen molar-refractivity contribution in [2.45, 2.75) is 19.8 Å². The Morgan fingerprint density at radius 3 is 2.50 bits per heavy atom. The Morgan fingerprint density at radius 2 is 1.71 bits per heavy atom. The molecule has 0 spiro atoms. The summed E-state index contributed by atoms with van der Waals surface area (Å²) in [5.41, 5.74) is 2.18. The first-order valence-electron chi connectivity index (χ1n) is 8.25. The van der Waals surface area contributed by atoms with Gasteiger partial charge in [-0.2, -0.15) is 4.98 Å². The van der Waals surface area contributed by atoms with Gasteiger partial charge in [0.15, 0.2) is 0 Å². The molecule has 0 bridgehead atoms. The van der Waals surface area contributed by atoms with E-state index in [1.165, 1.54) is 5.56 Å². The van der Waals surface area contributed by atoms with Crippen LogP contribution in [0.15, 0.2) is 48.5 Å². The van der Waals surface area contributed by atoms with Gasteiger partial charge in [-0.25, -0.2) is 4.98 Å². The summed E-state index contributed by atoms with van der Waals surface area (Å²) in [4.78, 5) is 9.24. The second-order valence-corrected chi connectivity index (χ2v) is 6.08. The summed E-state index contributed by atoms with van der Waals surface area (Å²) in [6, 6.07) is 16.0. The van der Waals surface area contributed by atoms with Crippen LogP contribution in [-0.4, -0.2) is 23.1 Å². The van der Waals surface area contributed by atoms with E-state index in [0.717, 1.165) is 47.7 Å². The number of aromatic nitrogens is 2. The summed E-state index contributed by atoms with van der Waals surface area (Å²) in [7, 11) is 0. The number of halogens is 1. The first-order valence-corrected chi connectivity index (χ1v) is 8.63. The first-order chi connectivity index (χ1) is 11.8. The molecule has 0 saturated carbocycles. The van der Waals surface area contributed by atoms with E-state index >= 15 is 0 Å². The minimum absolute atomic E-state index is 0.654. The predicted octanol–water partition coefficient (Wildman–Crippen LogP) is 4.76. The zero-order valence-corrected chi connectivity index (χ0v) is 14.5. The van der Waals surface area contributed by atoms with E-state index < -0.39 is 0 Å². The molecule has 0 aliphatic carbocycles. The number of rotatable bonds is 7. The number of para-hydroxylation sites is 1. The Kier molecular flexibility index (Phi) is 5.49. The van der Waals surface area contributed by atoms with Crippen LogP contribution in [0.5, 0.6) is 0 Å². The van der Waals surface area contributed by atoms with Gasteiger partial charge in [0, 0.05) is 23.5 Å². The van der Waals surface area contributed by atoms with Crippen LogP contribution < -0.4 is 10.6 Å². The minimum Gasteiger partial charge on any atom is -0.369 e. The molecule has 0 radical (unpaired) electrons. The highest BCUT2D eigenvalue weighted by atomic mass is 35.5. The summed E-state index contributed by atoms with van der Waals surface area (Å²) in [6.45, 7) is 3.81. The topological polar surface area (TPSA) is 49.8 Å². The number of hydrogen-bond acceptors (Lipinski definition) is 4. The number of anilines is 2. The van der Waals surface area contributed by atoms with E-state index in [2.05, 4.69) is 27.5 Å². The molecular formula is C19H21ClN4. The molecule has 0 aliphatic rings. The third-order valence-electron chi connectivity index (χ3n) is 3.76. The van der Waals surface area contributed by atoms with Crippen LogP contribution in [0.2, 0.25) is 5.02 Å². The van der Waals surface area contributed by atoms with Gasteiger partial charge in [0.2, 0.25) is 5.95 Å². The zero-order chi connectivity index (χ0) is 16.8. The van der Waals surface area contributed by atoms with Crippen LogP contribution in [0, 0.1) is 0 Å². The van der Waals surface area contributed by atoms with E-state index in [-0.39, 0.29) is 0 Å². The lowest BCUT2D eigenvalue weighted by Crippen LogP contribution is -2.10. The van der Waals surface area contributed by atoms with Gasteiger partial charge in [-0.3, -0.25) is 0 Å². The highest BCUT2D eigenvalue weighted by Gasteiger charge is 2.06. The number of hydrogen-bond donors (Lipinski definition) is 2. The molecule has 3 aromatic rings. The molecule has 5 heteroatoms. The average Bonchev–Trinajstić information content (AvgIpc) is 2.61. The highest BCUT2D eigenvalue weighted by Crippen LogP contribution is 2.21. The van der Waals surface area contributed by atoms with E-state index in [1.807, 2.05) is 48.5 Å². The van der Waals surface area contributed by atoms with Crippen LogP contribution in [-0.2, 0) is 6.42 Å². The Hall–Kier alpha value is -2.33. The summed E-state index contributed by atoms with van der Waals surface area (Å²) in [6.07, 6.45) is 1.95. The van der Waals surface area contributed by atoms with Crippen molar-refractivity contribution in [1.29, 1.82) is 0 Å². The number of nitrogens with zero attached hydrogens (tertiary/aromatic N) is 2. The molecule has 1 aromatic heterocycles. The van der Waals surface area contributed by atoms with Gasteiger partial charge in [-0.1, -0.05) is 42.8 Å². The molecule has 2 N–H and O–H groups in total. The highest BCUT2D eigenvalue weighted by molar-refractivity contribution is 6.30. The van der Waals surface area contributed by atoms with Crippen LogP contribution >= 0.6 is 11.6 Å². The van der Waals surface area contributed by atoms with Crippen molar-refractivity contribution in [3.63, 3.8) is 0 Å². The summed E-state index contributed by atoms with van der Waals surface area (Å²) in [5, 5.41) is 8.52. The van der Waals surface area contributed by atoms with Crippen molar-refractivity contribution in [3.8, 4) is 0 Å². The molecular weight excluding hydrogens is 320 g/mol. The molecule has 1 heterocycles. The second-order valence-electron chi connectivity index (χ2n) is 5.64. The molecule has 0 atom stereocenters. The fourth-order valence-electron chi connectivity index (χ4n) is 2.50. The molecule has 0 aliphatic heterocycles. The molecule has 0 amide bonds. The molecule has 0 unspecified atom stereocenters. The van der Waals surface area contributed by atoms with E-state index in [9.17, 15) is 0 Å². The zero-order valence-electron chi connectivity index (χ0n) is 13.7. The smallest absolute Gasteiger partial charge is 0.225 e. The Bertz CT molecular complexity index is 802. The summed E-state index contributed by atoms with van der Waals surface area (Å²) >= 11 is 5.91. The van der Waals surface area contributed by atoms with E-state index in [4.69, 9.17) is 11.6 Å². The van der Waals surface area contributed by atoms with Crippen LogP contribution in [0.4, 0.5) is 11.8 Å². The van der Waals surface area contributed by atoms with Gasteiger partial charge >= 0.3 is 0 Å². The fraction of sp³-hybridized carbons (Fsp3) is 0.263. The lowest BCUT2D eigenvalue weighted by atomic mass is 10.1. The van der Waals surface area contributed by atoms with Gasteiger partial charge in [0.25, 0.3) is 0 Å². The van der Waals surface area contributed by atoms with Crippen molar-refractivity contribution in [1.82, 2.24) is 9.97 Å². The van der Waals surface area contributed by atoms with E-state index in [0.29, 0.717) is 5.95 Å². The molecule has 3 rings (SSSR count). The Morgan fingerprint density at radius 1 is 0.917 bits per heavy atom. The van der Waals surface area contributed by atoms with Crippen molar-refractivity contribution in [2.24, 2.45) is 0 Å². The van der Waals surface area contributed by atoms with E-state index in [1.54, 1.807) is 0 Å². The molecule has 2 aromatic carbocycles. The monoisotopic (exact) mass is 340 g/mol. The Labute approximate surface area is 147 Å². The molecule has 0 saturated heterocycles.